The Morgan fingerprint density at radius 3 is 2.86 bits per heavy atom. The molecule has 3 heterocycles. The third-order valence-electron chi connectivity index (χ3n) is 3.59. The number of nitrogens with zero attached hydrogens (tertiary/aromatic N) is 3. The van der Waals surface area contributed by atoms with Crippen molar-refractivity contribution in [3.05, 3.63) is 61.1 Å². The van der Waals surface area contributed by atoms with Crippen molar-refractivity contribution in [2.24, 2.45) is 0 Å². The maximum atomic E-state index is 5.46. The van der Waals surface area contributed by atoms with Crippen LogP contribution in [-0.4, -0.2) is 21.5 Å². The third kappa shape index (κ3) is 1.92. The van der Waals surface area contributed by atoms with Crippen molar-refractivity contribution < 1.29 is 4.74 Å². The second kappa shape index (κ2) is 4.59. The fraction of sp³-hybridized carbons (Fsp3) is 0.0588. The zero-order valence-electron chi connectivity index (χ0n) is 11.5. The number of rotatable bonds is 2. The molecule has 0 saturated carbocycles. The van der Waals surface area contributed by atoms with Gasteiger partial charge in [0, 0.05) is 29.5 Å². The fourth-order valence-electron chi connectivity index (χ4n) is 2.54. The van der Waals surface area contributed by atoms with Crippen molar-refractivity contribution in [1.29, 1.82) is 0 Å². The highest BCUT2D eigenvalue weighted by Gasteiger charge is 2.10. The number of ether oxygens (including phenoxy) is 1. The average Bonchev–Trinajstić information content (AvgIpc) is 3.01. The second-order valence-corrected chi connectivity index (χ2v) is 4.85. The summed E-state index contributed by atoms with van der Waals surface area (Å²) in [5.74, 6) is 0.629. The Bertz CT molecular complexity index is 943. The van der Waals surface area contributed by atoms with E-state index in [1.54, 1.807) is 13.3 Å². The van der Waals surface area contributed by atoms with Crippen LogP contribution in [0.25, 0.3) is 27.7 Å². The smallest absolute Gasteiger partial charge is 0.221 e. The number of fused-ring (bicyclic) bond motifs is 2. The maximum Gasteiger partial charge on any atom is 0.221 e. The first kappa shape index (κ1) is 11.9. The maximum absolute atomic E-state index is 5.46. The first-order valence-electron chi connectivity index (χ1n) is 6.72. The molecule has 0 aliphatic rings. The standard InChI is InChI=1S/C17H13N3O/c1-21-17-14(10-13-4-2-3-5-15(13)19-17)12-6-8-20-9-7-18-16(20)11-12/h2-11H,1H3. The molecule has 0 spiro atoms. The molecule has 21 heavy (non-hydrogen) atoms. The number of pyridine rings is 2. The Hall–Kier alpha value is -2.88. The van der Waals surface area contributed by atoms with Gasteiger partial charge in [-0.2, -0.15) is 0 Å². The lowest BCUT2D eigenvalue weighted by atomic mass is 10.1. The molecule has 0 bridgehead atoms. The number of benzene rings is 1. The molecule has 1 aromatic carbocycles. The predicted molar refractivity (Wildman–Crippen MR) is 82.5 cm³/mol. The van der Waals surface area contributed by atoms with Crippen LogP contribution in [0, 0.1) is 0 Å². The van der Waals surface area contributed by atoms with Crippen LogP contribution in [-0.2, 0) is 0 Å². The summed E-state index contributed by atoms with van der Waals surface area (Å²) in [5.41, 5.74) is 3.85. The third-order valence-corrected chi connectivity index (χ3v) is 3.59. The van der Waals surface area contributed by atoms with Gasteiger partial charge in [0.1, 0.15) is 5.65 Å². The normalized spacial score (nSPS) is 11.1. The van der Waals surface area contributed by atoms with E-state index in [-0.39, 0.29) is 0 Å². The van der Waals surface area contributed by atoms with Crippen molar-refractivity contribution in [3.8, 4) is 17.0 Å². The van der Waals surface area contributed by atoms with Gasteiger partial charge >= 0.3 is 0 Å². The summed E-state index contributed by atoms with van der Waals surface area (Å²) in [6.45, 7) is 0. The number of imidazole rings is 1. The zero-order valence-corrected chi connectivity index (χ0v) is 11.5. The quantitative estimate of drug-likeness (QED) is 0.561. The molecular weight excluding hydrogens is 262 g/mol. The Morgan fingerprint density at radius 1 is 1.05 bits per heavy atom. The molecule has 3 aromatic heterocycles. The number of para-hydroxylation sites is 1. The summed E-state index contributed by atoms with van der Waals surface area (Å²) in [6.07, 6.45) is 5.70. The van der Waals surface area contributed by atoms with Crippen molar-refractivity contribution in [1.82, 2.24) is 14.4 Å². The summed E-state index contributed by atoms with van der Waals surface area (Å²) < 4.78 is 7.44. The molecule has 0 aliphatic heterocycles. The van der Waals surface area contributed by atoms with E-state index in [2.05, 4.69) is 22.1 Å². The molecule has 0 amide bonds. The van der Waals surface area contributed by atoms with Gasteiger partial charge in [-0.15, -0.1) is 0 Å². The SMILES string of the molecule is COc1nc2ccccc2cc1-c1ccn2ccnc2c1. The molecule has 0 atom stereocenters. The summed E-state index contributed by atoms with van der Waals surface area (Å²) in [7, 11) is 1.65. The van der Waals surface area contributed by atoms with Crippen LogP contribution in [0.4, 0.5) is 0 Å². The van der Waals surface area contributed by atoms with Crippen LogP contribution < -0.4 is 4.74 Å². The van der Waals surface area contributed by atoms with Crippen molar-refractivity contribution in [2.45, 2.75) is 0 Å². The van der Waals surface area contributed by atoms with Crippen molar-refractivity contribution in [2.75, 3.05) is 7.11 Å². The molecule has 0 fully saturated rings. The molecule has 4 nitrogen and oxygen atoms in total. The van der Waals surface area contributed by atoms with Gasteiger partial charge in [0.25, 0.3) is 0 Å². The average molecular weight is 275 g/mol. The lowest BCUT2D eigenvalue weighted by Gasteiger charge is -2.10. The second-order valence-electron chi connectivity index (χ2n) is 4.85. The predicted octanol–water partition coefficient (Wildman–Crippen LogP) is 3.56. The topological polar surface area (TPSA) is 39.4 Å². The number of hydrogen-bond acceptors (Lipinski definition) is 3. The highest BCUT2D eigenvalue weighted by atomic mass is 16.5. The lowest BCUT2D eigenvalue weighted by molar-refractivity contribution is 0.401. The van der Waals surface area contributed by atoms with E-state index in [9.17, 15) is 0 Å². The van der Waals surface area contributed by atoms with Crippen LogP contribution in [0.5, 0.6) is 5.88 Å². The van der Waals surface area contributed by atoms with Gasteiger partial charge in [0.15, 0.2) is 0 Å². The van der Waals surface area contributed by atoms with E-state index >= 15 is 0 Å². The van der Waals surface area contributed by atoms with Crippen LogP contribution >= 0.6 is 0 Å². The van der Waals surface area contributed by atoms with Gasteiger partial charge < -0.3 is 9.14 Å². The van der Waals surface area contributed by atoms with Crippen molar-refractivity contribution >= 4 is 16.6 Å². The van der Waals surface area contributed by atoms with Crippen molar-refractivity contribution in [3.63, 3.8) is 0 Å². The van der Waals surface area contributed by atoms with E-state index in [4.69, 9.17) is 4.74 Å². The van der Waals surface area contributed by atoms with Gasteiger partial charge in [-0.1, -0.05) is 18.2 Å². The first-order valence-corrected chi connectivity index (χ1v) is 6.72. The first-order chi connectivity index (χ1) is 10.3. The highest BCUT2D eigenvalue weighted by molar-refractivity contribution is 5.86. The van der Waals surface area contributed by atoms with Crippen LogP contribution in [0.15, 0.2) is 61.1 Å². The molecular formula is C17H13N3O. The Balaban J connectivity index is 1.98. The highest BCUT2D eigenvalue weighted by Crippen LogP contribution is 2.31. The Kier molecular flexibility index (Phi) is 2.60. The fourth-order valence-corrected chi connectivity index (χ4v) is 2.54. The molecule has 0 saturated heterocycles. The molecule has 0 unspecified atom stereocenters. The summed E-state index contributed by atoms with van der Waals surface area (Å²) in [4.78, 5) is 8.91. The van der Waals surface area contributed by atoms with E-state index in [1.165, 1.54) is 0 Å². The molecule has 0 N–H and O–H groups in total. The van der Waals surface area contributed by atoms with Crippen LogP contribution in [0.3, 0.4) is 0 Å². The molecule has 0 radical (unpaired) electrons. The summed E-state index contributed by atoms with van der Waals surface area (Å²) >= 11 is 0. The largest absolute Gasteiger partial charge is 0.481 e. The minimum absolute atomic E-state index is 0.629. The Labute approximate surface area is 121 Å². The molecule has 4 aromatic rings. The number of aromatic nitrogens is 3. The van der Waals surface area contributed by atoms with E-state index in [1.807, 2.05) is 47.1 Å². The number of methoxy groups -OCH3 is 1. The van der Waals surface area contributed by atoms with Crippen LogP contribution in [0.2, 0.25) is 0 Å². The zero-order chi connectivity index (χ0) is 14.2. The van der Waals surface area contributed by atoms with Gasteiger partial charge in [-0.05, 0) is 29.8 Å². The lowest BCUT2D eigenvalue weighted by Crippen LogP contribution is -1.93. The van der Waals surface area contributed by atoms with Gasteiger partial charge in [0.2, 0.25) is 5.88 Å². The van der Waals surface area contributed by atoms with Gasteiger partial charge in [-0.25, -0.2) is 9.97 Å². The number of hydrogen-bond donors (Lipinski definition) is 0. The van der Waals surface area contributed by atoms with E-state index < -0.39 is 0 Å². The molecule has 4 rings (SSSR count). The molecule has 102 valence electrons. The van der Waals surface area contributed by atoms with Gasteiger partial charge in [0.05, 0.1) is 12.6 Å². The van der Waals surface area contributed by atoms with Crippen LogP contribution in [0.1, 0.15) is 0 Å². The summed E-state index contributed by atoms with van der Waals surface area (Å²) in [6, 6.07) is 14.2. The van der Waals surface area contributed by atoms with E-state index in [0.717, 1.165) is 27.7 Å². The monoisotopic (exact) mass is 275 g/mol. The minimum atomic E-state index is 0.629. The molecule has 0 aliphatic carbocycles. The summed E-state index contributed by atoms with van der Waals surface area (Å²) in [5, 5.41) is 1.09. The Morgan fingerprint density at radius 2 is 1.95 bits per heavy atom. The molecule has 4 heteroatoms. The minimum Gasteiger partial charge on any atom is -0.481 e. The van der Waals surface area contributed by atoms with E-state index in [0.29, 0.717) is 5.88 Å². The van der Waals surface area contributed by atoms with Gasteiger partial charge in [-0.3, -0.25) is 0 Å².